The van der Waals surface area contributed by atoms with Gasteiger partial charge in [-0.2, -0.15) is 0 Å². The van der Waals surface area contributed by atoms with Gasteiger partial charge in [0.1, 0.15) is 5.65 Å². The fraction of sp³-hybridized carbons (Fsp3) is 0.0400. The highest BCUT2D eigenvalue weighted by Gasteiger charge is 2.22. The molecule has 0 unspecified atom stereocenters. The summed E-state index contributed by atoms with van der Waals surface area (Å²) in [5.41, 5.74) is 16.1. The van der Waals surface area contributed by atoms with Crippen LogP contribution in [0.1, 0.15) is 5.56 Å². The lowest BCUT2D eigenvalue weighted by molar-refractivity contribution is 1.02. The lowest BCUT2D eigenvalue weighted by Crippen LogP contribution is -2.08. The van der Waals surface area contributed by atoms with Crippen molar-refractivity contribution in [2.75, 3.05) is 16.8 Å². The highest BCUT2D eigenvalue weighted by atomic mass is 16.1. The van der Waals surface area contributed by atoms with E-state index in [2.05, 4.69) is 30.2 Å². The maximum absolute atomic E-state index is 13.1. The summed E-state index contributed by atoms with van der Waals surface area (Å²) in [6.45, 7) is 0.505. The van der Waals surface area contributed by atoms with Crippen molar-refractivity contribution in [3.05, 3.63) is 89.0 Å². The van der Waals surface area contributed by atoms with E-state index in [0.717, 1.165) is 5.56 Å². The first-order valence-electron chi connectivity index (χ1n) is 11.1. The third kappa shape index (κ3) is 3.64. The van der Waals surface area contributed by atoms with Crippen LogP contribution >= 0.6 is 0 Å². The monoisotopic (exact) mass is 476 g/mol. The van der Waals surface area contributed by atoms with Crippen LogP contribution in [0.5, 0.6) is 0 Å². The molecule has 1 aromatic carbocycles. The van der Waals surface area contributed by atoms with E-state index in [1.165, 1.54) is 6.07 Å². The van der Waals surface area contributed by atoms with Crippen molar-refractivity contribution in [3.8, 4) is 22.6 Å². The van der Waals surface area contributed by atoms with Crippen LogP contribution in [0.15, 0.2) is 78.0 Å². The fourth-order valence-corrected chi connectivity index (χ4v) is 4.24. The molecule has 176 valence electrons. The summed E-state index contributed by atoms with van der Waals surface area (Å²) in [7, 11) is 0. The van der Waals surface area contributed by atoms with Crippen LogP contribution < -0.4 is 22.2 Å². The SMILES string of the molecule is Nc1nccc(-c2cc3c(-c4ccnc(N)n4)c4c(=O)cc[nH]c4n3c(NCc3ccccc3)n2)n1. The number of hydrogen-bond acceptors (Lipinski definition) is 9. The average Bonchev–Trinajstić information content (AvgIpc) is 3.24. The first kappa shape index (κ1) is 21.2. The maximum Gasteiger partial charge on any atom is 0.220 e. The number of H-pyrrole nitrogens is 1. The molecular weight excluding hydrogens is 456 g/mol. The minimum Gasteiger partial charge on any atom is -0.368 e. The van der Waals surface area contributed by atoms with Gasteiger partial charge in [-0.1, -0.05) is 30.3 Å². The Labute approximate surface area is 203 Å². The van der Waals surface area contributed by atoms with Crippen LogP contribution in [0.3, 0.4) is 0 Å². The molecule has 6 rings (SSSR count). The molecule has 0 bridgehead atoms. The Morgan fingerprint density at radius 2 is 1.58 bits per heavy atom. The van der Waals surface area contributed by atoms with Crippen molar-refractivity contribution in [1.29, 1.82) is 0 Å². The highest BCUT2D eigenvalue weighted by Crippen LogP contribution is 2.35. The lowest BCUT2D eigenvalue weighted by Gasteiger charge is -2.12. The standard InChI is InChI=1S/C25H20N10O/c26-23-29-9-6-15(32-23)17-12-18-20(16-7-10-30-24(27)33-16)21-19(36)8-11-28-22(21)35(18)25(34-17)31-13-14-4-2-1-3-5-14/h1-12H,13H2,(H,28,36)(H,31,34)(H2,26,29,32)(H2,27,30,33). The van der Waals surface area contributed by atoms with Crippen molar-refractivity contribution in [2.45, 2.75) is 6.54 Å². The Balaban J connectivity index is 1.68. The van der Waals surface area contributed by atoms with Crippen molar-refractivity contribution in [3.63, 3.8) is 0 Å². The Bertz CT molecular complexity index is 1790. The van der Waals surface area contributed by atoms with Gasteiger partial charge >= 0.3 is 0 Å². The molecule has 6 N–H and O–H groups in total. The lowest BCUT2D eigenvalue weighted by atomic mass is 10.1. The van der Waals surface area contributed by atoms with E-state index in [4.69, 9.17) is 16.5 Å². The third-order valence-corrected chi connectivity index (χ3v) is 5.78. The van der Waals surface area contributed by atoms with Crippen molar-refractivity contribution in [2.24, 2.45) is 0 Å². The Kier molecular flexibility index (Phi) is 5.00. The summed E-state index contributed by atoms with van der Waals surface area (Å²) in [6.07, 6.45) is 4.74. The molecule has 0 fully saturated rings. The molecule has 0 atom stereocenters. The van der Waals surface area contributed by atoms with Crippen LogP contribution in [0.2, 0.25) is 0 Å². The summed E-state index contributed by atoms with van der Waals surface area (Å²) < 4.78 is 1.86. The number of pyridine rings is 1. The quantitative estimate of drug-likeness (QED) is 0.292. The zero-order valence-corrected chi connectivity index (χ0v) is 18.9. The molecule has 11 heteroatoms. The van der Waals surface area contributed by atoms with Gasteiger partial charge in [0, 0.05) is 36.8 Å². The van der Waals surface area contributed by atoms with Crippen molar-refractivity contribution < 1.29 is 0 Å². The number of fused-ring (bicyclic) bond motifs is 3. The van der Waals surface area contributed by atoms with Gasteiger partial charge in [-0.15, -0.1) is 0 Å². The number of nitrogens with one attached hydrogen (secondary N) is 2. The zero-order valence-electron chi connectivity index (χ0n) is 18.9. The molecule has 0 saturated carbocycles. The van der Waals surface area contributed by atoms with Gasteiger partial charge in [0.25, 0.3) is 0 Å². The number of anilines is 3. The largest absolute Gasteiger partial charge is 0.368 e. The highest BCUT2D eigenvalue weighted by molar-refractivity contribution is 6.04. The smallest absolute Gasteiger partial charge is 0.220 e. The van der Waals surface area contributed by atoms with E-state index < -0.39 is 0 Å². The molecule has 5 heterocycles. The minimum atomic E-state index is -0.165. The van der Waals surface area contributed by atoms with Gasteiger partial charge in [-0.05, 0) is 23.8 Å². The Morgan fingerprint density at radius 1 is 0.861 bits per heavy atom. The number of rotatable bonds is 5. The van der Waals surface area contributed by atoms with E-state index in [9.17, 15) is 4.79 Å². The third-order valence-electron chi connectivity index (χ3n) is 5.78. The molecule has 0 aliphatic heterocycles. The molecule has 0 aliphatic carbocycles. The van der Waals surface area contributed by atoms with Crippen LogP contribution in [0, 0.1) is 0 Å². The van der Waals surface area contributed by atoms with Gasteiger partial charge in [-0.3, -0.25) is 9.20 Å². The Hall–Kier alpha value is -5.32. The summed E-state index contributed by atoms with van der Waals surface area (Å²) >= 11 is 0. The van der Waals surface area contributed by atoms with E-state index in [0.29, 0.717) is 51.7 Å². The second kappa shape index (κ2) is 8.47. The number of aromatic amines is 1. The minimum absolute atomic E-state index is 0.104. The molecule has 0 saturated heterocycles. The second-order valence-corrected chi connectivity index (χ2v) is 8.07. The molecule has 36 heavy (non-hydrogen) atoms. The number of nitrogens with zero attached hydrogens (tertiary/aromatic N) is 6. The molecular formula is C25H20N10O. The first-order chi connectivity index (χ1) is 17.6. The maximum atomic E-state index is 13.1. The molecule has 0 spiro atoms. The number of aromatic nitrogens is 7. The summed E-state index contributed by atoms with van der Waals surface area (Å²) in [5.74, 6) is 0.740. The van der Waals surface area contributed by atoms with Gasteiger partial charge in [0.05, 0.1) is 28.0 Å². The van der Waals surface area contributed by atoms with Crippen LogP contribution in [0.25, 0.3) is 39.2 Å². The van der Waals surface area contributed by atoms with E-state index >= 15 is 0 Å². The predicted molar refractivity (Wildman–Crippen MR) is 138 cm³/mol. The van der Waals surface area contributed by atoms with Gasteiger partial charge in [0.2, 0.25) is 17.8 Å². The van der Waals surface area contributed by atoms with E-state index in [1.807, 2.05) is 40.8 Å². The Morgan fingerprint density at radius 3 is 2.33 bits per heavy atom. The molecule has 6 aromatic rings. The topological polar surface area (TPSA) is 166 Å². The normalized spacial score (nSPS) is 11.2. The van der Waals surface area contributed by atoms with Gasteiger partial charge < -0.3 is 21.8 Å². The molecule has 0 aliphatic rings. The number of nitrogen functional groups attached to an aromatic ring is 2. The fourth-order valence-electron chi connectivity index (χ4n) is 4.24. The van der Waals surface area contributed by atoms with Gasteiger partial charge in [-0.25, -0.2) is 24.9 Å². The summed E-state index contributed by atoms with van der Waals surface area (Å²) in [4.78, 5) is 38.0. The number of benzene rings is 1. The van der Waals surface area contributed by atoms with Gasteiger partial charge in [0.15, 0.2) is 5.43 Å². The summed E-state index contributed by atoms with van der Waals surface area (Å²) in [5, 5.41) is 3.87. The summed E-state index contributed by atoms with van der Waals surface area (Å²) in [6, 6.07) is 16.7. The number of nitrogens with two attached hydrogens (primary N) is 2. The van der Waals surface area contributed by atoms with Crippen molar-refractivity contribution in [1.82, 2.24) is 34.3 Å². The second-order valence-electron chi connectivity index (χ2n) is 8.07. The predicted octanol–water partition coefficient (Wildman–Crippen LogP) is 2.87. The average molecular weight is 477 g/mol. The zero-order chi connectivity index (χ0) is 24.6. The molecule has 0 radical (unpaired) electrons. The van der Waals surface area contributed by atoms with E-state index in [-0.39, 0.29) is 17.3 Å². The number of hydrogen-bond donors (Lipinski definition) is 4. The van der Waals surface area contributed by atoms with Crippen LogP contribution in [-0.2, 0) is 6.54 Å². The first-order valence-corrected chi connectivity index (χ1v) is 11.1. The van der Waals surface area contributed by atoms with Crippen LogP contribution in [-0.4, -0.2) is 34.3 Å². The van der Waals surface area contributed by atoms with Crippen LogP contribution in [0.4, 0.5) is 17.8 Å². The molecule has 5 aromatic heterocycles. The molecule has 0 amide bonds. The van der Waals surface area contributed by atoms with E-state index in [1.54, 1.807) is 30.7 Å². The molecule has 11 nitrogen and oxygen atoms in total. The van der Waals surface area contributed by atoms with Crippen molar-refractivity contribution >= 4 is 34.4 Å².